The van der Waals surface area contributed by atoms with E-state index in [9.17, 15) is 5.11 Å². The molecule has 0 bridgehead atoms. The highest BCUT2D eigenvalue weighted by Crippen LogP contribution is 2.26. The summed E-state index contributed by atoms with van der Waals surface area (Å²) < 4.78 is 5.51. The number of aryl methyl sites for hydroxylation is 1. The first-order chi connectivity index (χ1) is 11.0. The van der Waals surface area contributed by atoms with Crippen LogP contribution in [0.4, 0.5) is 0 Å². The van der Waals surface area contributed by atoms with Gasteiger partial charge in [-0.1, -0.05) is 30.3 Å². The van der Waals surface area contributed by atoms with Crippen molar-refractivity contribution in [1.29, 1.82) is 0 Å². The molecular formula is C18H20N2O2S. The number of thiazole rings is 1. The van der Waals surface area contributed by atoms with Crippen LogP contribution < -0.4 is 5.32 Å². The second-order valence-electron chi connectivity index (χ2n) is 5.77. The lowest BCUT2D eigenvalue weighted by molar-refractivity contribution is 0.0332. The van der Waals surface area contributed by atoms with Gasteiger partial charge in [0.05, 0.1) is 4.88 Å². The molecule has 1 unspecified atom stereocenters. The molecule has 0 fully saturated rings. The van der Waals surface area contributed by atoms with Gasteiger partial charge in [-0.3, -0.25) is 0 Å². The Morgan fingerprint density at radius 3 is 2.70 bits per heavy atom. The van der Waals surface area contributed by atoms with Gasteiger partial charge < -0.3 is 14.8 Å². The van der Waals surface area contributed by atoms with Crippen molar-refractivity contribution >= 4 is 11.3 Å². The average molecular weight is 328 g/mol. The summed E-state index contributed by atoms with van der Waals surface area (Å²) in [5.74, 6) is 1.37. The quantitative estimate of drug-likeness (QED) is 0.724. The molecule has 0 aliphatic carbocycles. The monoisotopic (exact) mass is 328 g/mol. The lowest BCUT2D eigenvalue weighted by Crippen LogP contribution is -2.34. The number of aromatic nitrogens is 1. The average Bonchev–Trinajstić information content (AvgIpc) is 3.17. The molecular weight excluding hydrogens is 308 g/mol. The zero-order valence-electron chi connectivity index (χ0n) is 13.2. The number of benzene rings is 1. The predicted octanol–water partition coefficient (Wildman–Crippen LogP) is 3.71. The first-order valence-corrected chi connectivity index (χ1v) is 8.36. The van der Waals surface area contributed by atoms with E-state index in [0.29, 0.717) is 18.8 Å². The summed E-state index contributed by atoms with van der Waals surface area (Å²) in [5, 5.41) is 14.7. The van der Waals surface area contributed by atoms with Crippen LogP contribution in [0.3, 0.4) is 0 Å². The third-order valence-corrected chi connectivity index (χ3v) is 4.67. The number of nitrogens with one attached hydrogen (secondary N) is 1. The summed E-state index contributed by atoms with van der Waals surface area (Å²) in [4.78, 5) is 5.59. The predicted molar refractivity (Wildman–Crippen MR) is 92.3 cm³/mol. The second-order valence-corrected chi connectivity index (χ2v) is 6.89. The Balaban J connectivity index is 1.58. The minimum absolute atomic E-state index is 0.403. The van der Waals surface area contributed by atoms with E-state index < -0.39 is 5.60 Å². The molecule has 2 aromatic heterocycles. The van der Waals surface area contributed by atoms with E-state index in [1.165, 1.54) is 5.56 Å². The Kier molecular flexibility index (Phi) is 4.61. The smallest absolute Gasteiger partial charge is 0.136 e. The van der Waals surface area contributed by atoms with Gasteiger partial charge in [-0.05, 0) is 31.5 Å². The molecule has 23 heavy (non-hydrogen) atoms. The fourth-order valence-electron chi connectivity index (χ4n) is 2.35. The van der Waals surface area contributed by atoms with Crippen LogP contribution in [0, 0.1) is 6.92 Å². The molecule has 1 atom stereocenters. The van der Waals surface area contributed by atoms with Crippen molar-refractivity contribution in [1.82, 2.24) is 10.3 Å². The first-order valence-electron chi connectivity index (χ1n) is 7.55. The standard InChI is InChI=1S/C18H20N2O2S/c1-13-8-9-16(22-13)18(2,21)12-19-11-17-20-10-15(23-17)14-6-4-3-5-7-14/h3-10,19,21H,11-12H2,1-2H3. The fraction of sp³-hybridized carbons (Fsp3) is 0.278. The molecule has 0 spiro atoms. The van der Waals surface area contributed by atoms with Gasteiger partial charge in [-0.2, -0.15) is 0 Å². The van der Waals surface area contributed by atoms with Crippen LogP contribution in [0.5, 0.6) is 0 Å². The van der Waals surface area contributed by atoms with Crippen LogP contribution in [0.15, 0.2) is 53.1 Å². The topological polar surface area (TPSA) is 58.3 Å². The molecule has 0 radical (unpaired) electrons. The first kappa shape index (κ1) is 15.9. The zero-order chi connectivity index (χ0) is 16.3. The van der Waals surface area contributed by atoms with Gasteiger partial charge in [0.15, 0.2) is 0 Å². The molecule has 2 N–H and O–H groups in total. The zero-order valence-corrected chi connectivity index (χ0v) is 14.1. The van der Waals surface area contributed by atoms with E-state index in [-0.39, 0.29) is 0 Å². The summed E-state index contributed by atoms with van der Waals surface area (Å²) >= 11 is 1.66. The van der Waals surface area contributed by atoms with Crippen molar-refractivity contribution in [3.63, 3.8) is 0 Å². The van der Waals surface area contributed by atoms with Crippen molar-refractivity contribution in [3.05, 3.63) is 65.2 Å². The number of rotatable bonds is 6. The molecule has 5 heteroatoms. The SMILES string of the molecule is Cc1ccc(C(C)(O)CNCc2ncc(-c3ccccc3)s2)o1. The third-order valence-electron chi connectivity index (χ3n) is 3.63. The lowest BCUT2D eigenvalue weighted by atomic mass is 10.0. The van der Waals surface area contributed by atoms with Crippen molar-refractivity contribution in [2.45, 2.75) is 26.0 Å². The number of nitrogens with zero attached hydrogens (tertiary/aromatic N) is 1. The van der Waals surface area contributed by atoms with E-state index in [0.717, 1.165) is 15.6 Å². The van der Waals surface area contributed by atoms with Gasteiger partial charge in [0.25, 0.3) is 0 Å². The number of aliphatic hydroxyl groups is 1. The van der Waals surface area contributed by atoms with E-state index in [4.69, 9.17) is 4.42 Å². The van der Waals surface area contributed by atoms with Gasteiger partial charge >= 0.3 is 0 Å². The van der Waals surface area contributed by atoms with Crippen LogP contribution in [-0.4, -0.2) is 16.6 Å². The van der Waals surface area contributed by atoms with Crippen LogP contribution in [0.2, 0.25) is 0 Å². The van der Waals surface area contributed by atoms with Gasteiger partial charge in [-0.15, -0.1) is 11.3 Å². The van der Waals surface area contributed by atoms with Gasteiger partial charge in [0, 0.05) is 19.3 Å². The Morgan fingerprint density at radius 2 is 2.00 bits per heavy atom. The molecule has 0 aliphatic heterocycles. The number of hydrogen-bond acceptors (Lipinski definition) is 5. The fourth-order valence-corrected chi connectivity index (χ4v) is 3.24. The van der Waals surface area contributed by atoms with Gasteiger partial charge in [0.1, 0.15) is 22.1 Å². The van der Waals surface area contributed by atoms with E-state index in [1.54, 1.807) is 18.3 Å². The van der Waals surface area contributed by atoms with Crippen molar-refractivity contribution in [2.75, 3.05) is 6.54 Å². The highest BCUT2D eigenvalue weighted by Gasteiger charge is 2.26. The molecule has 120 valence electrons. The van der Waals surface area contributed by atoms with Crippen molar-refractivity contribution < 1.29 is 9.52 Å². The highest BCUT2D eigenvalue weighted by molar-refractivity contribution is 7.15. The Bertz CT molecular complexity index is 762. The molecule has 3 rings (SSSR count). The highest BCUT2D eigenvalue weighted by atomic mass is 32.1. The molecule has 0 amide bonds. The van der Waals surface area contributed by atoms with Crippen LogP contribution >= 0.6 is 11.3 Å². The normalized spacial score (nSPS) is 13.9. The molecule has 4 nitrogen and oxygen atoms in total. The van der Waals surface area contributed by atoms with Crippen LogP contribution in [-0.2, 0) is 12.1 Å². The minimum atomic E-state index is -1.03. The van der Waals surface area contributed by atoms with E-state index in [1.807, 2.05) is 43.5 Å². The van der Waals surface area contributed by atoms with Crippen LogP contribution in [0.25, 0.3) is 10.4 Å². The van der Waals surface area contributed by atoms with E-state index in [2.05, 4.69) is 22.4 Å². The molecule has 2 heterocycles. The Hall–Kier alpha value is -1.95. The van der Waals surface area contributed by atoms with Gasteiger partial charge in [0.2, 0.25) is 0 Å². The molecule has 0 saturated carbocycles. The van der Waals surface area contributed by atoms with Crippen molar-refractivity contribution in [2.24, 2.45) is 0 Å². The van der Waals surface area contributed by atoms with E-state index >= 15 is 0 Å². The Labute approximate surface area is 139 Å². The minimum Gasteiger partial charge on any atom is -0.463 e. The Morgan fingerprint density at radius 1 is 1.22 bits per heavy atom. The summed E-state index contributed by atoms with van der Waals surface area (Å²) in [6.45, 7) is 4.64. The summed E-state index contributed by atoms with van der Waals surface area (Å²) in [6.07, 6.45) is 1.89. The second kappa shape index (κ2) is 6.66. The molecule has 0 saturated heterocycles. The maximum absolute atomic E-state index is 10.5. The van der Waals surface area contributed by atoms with Crippen molar-refractivity contribution in [3.8, 4) is 10.4 Å². The summed E-state index contributed by atoms with van der Waals surface area (Å²) in [7, 11) is 0. The molecule has 3 aromatic rings. The van der Waals surface area contributed by atoms with Gasteiger partial charge in [-0.25, -0.2) is 4.98 Å². The third kappa shape index (κ3) is 3.88. The molecule has 0 aliphatic rings. The number of hydrogen-bond donors (Lipinski definition) is 2. The van der Waals surface area contributed by atoms with Crippen LogP contribution in [0.1, 0.15) is 23.5 Å². The summed E-state index contributed by atoms with van der Waals surface area (Å²) in [6, 6.07) is 13.9. The molecule has 1 aromatic carbocycles. The largest absolute Gasteiger partial charge is 0.463 e. The number of furan rings is 1. The lowest BCUT2D eigenvalue weighted by Gasteiger charge is -2.21. The maximum Gasteiger partial charge on any atom is 0.136 e. The maximum atomic E-state index is 10.5. The summed E-state index contributed by atoms with van der Waals surface area (Å²) in [5.41, 5.74) is 0.141.